The normalized spacial score (nSPS) is 29.4. The molecule has 0 spiro atoms. The van der Waals surface area contributed by atoms with E-state index >= 15 is 0 Å². The fourth-order valence-electron chi connectivity index (χ4n) is 4.51. The minimum atomic E-state index is -0.757. The van der Waals surface area contributed by atoms with E-state index < -0.39 is 5.83 Å². The van der Waals surface area contributed by atoms with Crippen molar-refractivity contribution in [3.63, 3.8) is 0 Å². The van der Waals surface area contributed by atoms with Crippen molar-refractivity contribution >= 4 is 5.97 Å². The molecule has 0 atom stereocenters. The molecule has 0 aromatic heterocycles. The molecular formula is C23H34FNO2. The lowest BCUT2D eigenvalue weighted by molar-refractivity contribution is -0.157. The quantitative estimate of drug-likeness (QED) is 0.280. The fraction of sp³-hybridized carbons (Fsp3) is 0.739. The Bertz CT molecular complexity index is 547. The van der Waals surface area contributed by atoms with Gasteiger partial charge in [0.1, 0.15) is 12.2 Å². The standard InChI is InChI=1S/C23H34FNO2/c1-2-6-18-9-13-20(14-10-18)23(26)27-22-15-11-19(12-16-22)7-4-3-5-8-21(24)17-25/h3,5,8,18-20,22H,2,4,6-7,9-16H2,1H3/b5-3+,21-8?. The summed E-state index contributed by atoms with van der Waals surface area (Å²) in [6.45, 7) is 2.23. The van der Waals surface area contributed by atoms with Crippen molar-refractivity contribution in [2.24, 2.45) is 17.8 Å². The third kappa shape index (κ3) is 7.87. The predicted octanol–water partition coefficient (Wildman–Crippen LogP) is 6.41. The van der Waals surface area contributed by atoms with Gasteiger partial charge in [-0.05, 0) is 82.1 Å². The highest BCUT2D eigenvalue weighted by molar-refractivity contribution is 5.72. The van der Waals surface area contributed by atoms with Gasteiger partial charge in [0.15, 0.2) is 5.83 Å². The lowest BCUT2D eigenvalue weighted by Crippen LogP contribution is -2.30. The molecule has 150 valence electrons. The maximum Gasteiger partial charge on any atom is 0.309 e. The molecule has 0 bridgehead atoms. The zero-order valence-corrected chi connectivity index (χ0v) is 16.7. The molecule has 4 heteroatoms. The number of rotatable bonds is 8. The number of nitrogens with zero attached hydrogens (tertiary/aromatic N) is 1. The first-order chi connectivity index (χ1) is 13.1. The highest BCUT2D eigenvalue weighted by Crippen LogP contribution is 2.34. The van der Waals surface area contributed by atoms with Gasteiger partial charge >= 0.3 is 5.97 Å². The highest BCUT2D eigenvalue weighted by Gasteiger charge is 2.30. The molecule has 2 saturated carbocycles. The molecule has 0 saturated heterocycles. The zero-order valence-electron chi connectivity index (χ0n) is 16.7. The summed E-state index contributed by atoms with van der Waals surface area (Å²) < 4.78 is 18.5. The van der Waals surface area contributed by atoms with Crippen molar-refractivity contribution in [1.29, 1.82) is 5.26 Å². The van der Waals surface area contributed by atoms with Gasteiger partial charge in [0.05, 0.1) is 5.92 Å². The summed E-state index contributed by atoms with van der Waals surface area (Å²) >= 11 is 0. The third-order valence-corrected chi connectivity index (χ3v) is 6.18. The van der Waals surface area contributed by atoms with Gasteiger partial charge in [-0.2, -0.15) is 9.65 Å². The van der Waals surface area contributed by atoms with Crippen LogP contribution in [0.5, 0.6) is 0 Å². The molecule has 3 nitrogen and oxygen atoms in total. The smallest absolute Gasteiger partial charge is 0.309 e. The first kappa shape index (κ1) is 21.7. The molecule has 0 aromatic rings. The van der Waals surface area contributed by atoms with Crippen molar-refractivity contribution in [2.75, 3.05) is 0 Å². The van der Waals surface area contributed by atoms with Crippen LogP contribution >= 0.6 is 0 Å². The van der Waals surface area contributed by atoms with E-state index in [1.165, 1.54) is 37.8 Å². The maximum absolute atomic E-state index is 12.7. The molecule has 2 aliphatic rings. The Hall–Kier alpha value is -1.63. The summed E-state index contributed by atoms with van der Waals surface area (Å²) in [7, 11) is 0. The minimum Gasteiger partial charge on any atom is -0.462 e. The molecule has 0 N–H and O–H groups in total. The van der Waals surface area contributed by atoms with Gasteiger partial charge in [0, 0.05) is 0 Å². The average Bonchev–Trinajstić information content (AvgIpc) is 2.69. The number of esters is 1. The van der Waals surface area contributed by atoms with Crippen LogP contribution in [0.15, 0.2) is 24.1 Å². The molecular weight excluding hydrogens is 341 g/mol. The van der Waals surface area contributed by atoms with Crippen LogP contribution in [0.25, 0.3) is 0 Å². The Morgan fingerprint density at radius 1 is 1.07 bits per heavy atom. The number of nitriles is 1. The maximum atomic E-state index is 12.7. The van der Waals surface area contributed by atoms with E-state index in [0.29, 0.717) is 5.92 Å². The molecule has 2 rings (SSSR count). The van der Waals surface area contributed by atoms with Crippen molar-refractivity contribution < 1.29 is 13.9 Å². The van der Waals surface area contributed by atoms with Crippen molar-refractivity contribution in [3.05, 3.63) is 24.1 Å². The van der Waals surface area contributed by atoms with E-state index in [2.05, 4.69) is 6.92 Å². The predicted molar refractivity (Wildman–Crippen MR) is 105 cm³/mol. The monoisotopic (exact) mass is 375 g/mol. The van der Waals surface area contributed by atoms with E-state index in [1.807, 2.05) is 6.08 Å². The average molecular weight is 376 g/mol. The fourth-order valence-corrected chi connectivity index (χ4v) is 4.51. The molecule has 0 aliphatic heterocycles. The topological polar surface area (TPSA) is 50.1 Å². The van der Waals surface area contributed by atoms with E-state index in [0.717, 1.165) is 57.3 Å². The van der Waals surface area contributed by atoms with Crippen LogP contribution < -0.4 is 0 Å². The second kappa shape index (κ2) is 12.0. The van der Waals surface area contributed by atoms with Crippen LogP contribution in [-0.4, -0.2) is 12.1 Å². The largest absolute Gasteiger partial charge is 0.462 e. The third-order valence-electron chi connectivity index (χ3n) is 6.18. The zero-order chi connectivity index (χ0) is 19.5. The first-order valence-corrected chi connectivity index (χ1v) is 10.7. The first-order valence-electron chi connectivity index (χ1n) is 10.7. The van der Waals surface area contributed by atoms with Gasteiger partial charge in [-0.1, -0.05) is 31.9 Å². The van der Waals surface area contributed by atoms with E-state index in [-0.39, 0.29) is 18.0 Å². The molecule has 0 unspecified atom stereocenters. The molecule has 0 radical (unpaired) electrons. The number of allylic oxidation sites excluding steroid dienone is 4. The number of hydrogen-bond donors (Lipinski definition) is 0. The van der Waals surface area contributed by atoms with E-state index in [1.54, 1.807) is 6.08 Å². The van der Waals surface area contributed by atoms with Gasteiger partial charge in [-0.3, -0.25) is 4.79 Å². The summed E-state index contributed by atoms with van der Waals surface area (Å²) in [4.78, 5) is 12.4. The summed E-state index contributed by atoms with van der Waals surface area (Å²) in [5.74, 6) is 0.882. The Labute approximate surface area is 163 Å². The Morgan fingerprint density at radius 2 is 1.70 bits per heavy atom. The van der Waals surface area contributed by atoms with Gasteiger partial charge in [0.25, 0.3) is 0 Å². The molecule has 0 heterocycles. The molecule has 0 aromatic carbocycles. The van der Waals surface area contributed by atoms with Crippen LogP contribution in [0, 0.1) is 29.1 Å². The Morgan fingerprint density at radius 3 is 2.33 bits per heavy atom. The van der Waals surface area contributed by atoms with Gasteiger partial charge in [-0.15, -0.1) is 0 Å². The van der Waals surface area contributed by atoms with Gasteiger partial charge in [-0.25, -0.2) is 0 Å². The minimum absolute atomic E-state index is 0.0441. The second-order valence-corrected chi connectivity index (χ2v) is 8.22. The van der Waals surface area contributed by atoms with Crippen LogP contribution in [0.1, 0.15) is 84.0 Å². The summed E-state index contributed by atoms with van der Waals surface area (Å²) in [6.07, 6.45) is 17.8. The Balaban J connectivity index is 1.60. The van der Waals surface area contributed by atoms with Crippen molar-refractivity contribution in [1.82, 2.24) is 0 Å². The lowest BCUT2D eigenvalue weighted by atomic mass is 9.80. The SMILES string of the molecule is CCCC1CCC(C(=O)OC2CCC(CC/C=C/C=C(F)C#N)CC2)CC1. The van der Waals surface area contributed by atoms with Gasteiger partial charge < -0.3 is 4.74 Å². The summed E-state index contributed by atoms with van der Waals surface area (Å²) in [5.41, 5.74) is 0. The van der Waals surface area contributed by atoms with Crippen LogP contribution in [-0.2, 0) is 9.53 Å². The molecule has 2 fully saturated rings. The van der Waals surface area contributed by atoms with Crippen LogP contribution in [0.3, 0.4) is 0 Å². The number of ether oxygens (including phenoxy) is 1. The van der Waals surface area contributed by atoms with Crippen LogP contribution in [0.2, 0.25) is 0 Å². The highest BCUT2D eigenvalue weighted by atomic mass is 19.1. The van der Waals surface area contributed by atoms with E-state index in [4.69, 9.17) is 10.00 Å². The number of carbonyl (C=O) groups is 1. The summed E-state index contributed by atoms with van der Waals surface area (Å²) in [5, 5.41) is 8.34. The van der Waals surface area contributed by atoms with E-state index in [9.17, 15) is 9.18 Å². The lowest BCUT2D eigenvalue weighted by Gasteiger charge is -2.31. The van der Waals surface area contributed by atoms with Gasteiger partial charge in [0.2, 0.25) is 0 Å². The molecule has 27 heavy (non-hydrogen) atoms. The second-order valence-electron chi connectivity index (χ2n) is 8.22. The number of halogens is 1. The van der Waals surface area contributed by atoms with Crippen LogP contribution in [0.4, 0.5) is 4.39 Å². The molecule has 0 amide bonds. The van der Waals surface area contributed by atoms with Crippen molar-refractivity contribution in [2.45, 2.75) is 90.1 Å². The Kier molecular flexibility index (Phi) is 9.59. The number of hydrogen-bond acceptors (Lipinski definition) is 3. The summed E-state index contributed by atoms with van der Waals surface area (Å²) in [6, 6.07) is 1.46. The van der Waals surface area contributed by atoms with Crippen molar-refractivity contribution in [3.8, 4) is 6.07 Å². The number of carbonyl (C=O) groups excluding carboxylic acids is 1. The molecule has 2 aliphatic carbocycles.